The van der Waals surface area contributed by atoms with E-state index in [1.165, 1.54) is 18.7 Å². The number of aliphatic hydroxyl groups is 1. The molecule has 1 heterocycles. The van der Waals surface area contributed by atoms with E-state index in [-0.39, 0.29) is 18.1 Å². The minimum atomic E-state index is -0.201. The van der Waals surface area contributed by atoms with Crippen LogP contribution in [0.1, 0.15) is 36.0 Å². The lowest BCUT2D eigenvalue weighted by atomic mass is 9.93. The van der Waals surface area contributed by atoms with E-state index in [1.807, 2.05) is 0 Å². The van der Waals surface area contributed by atoms with Crippen molar-refractivity contribution in [3.63, 3.8) is 0 Å². The predicted octanol–water partition coefficient (Wildman–Crippen LogP) is 0.510. The molecule has 0 aromatic carbocycles. The zero-order valence-corrected chi connectivity index (χ0v) is 8.97. The van der Waals surface area contributed by atoms with Crippen molar-refractivity contribution in [3.05, 3.63) is 24.3 Å². The van der Waals surface area contributed by atoms with Crippen LogP contribution in [-0.2, 0) is 0 Å². The molecule has 1 saturated carbocycles. The van der Waals surface area contributed by atoms with Crippen LogP contribution in [0.4, 0.5) is 0 Å². The molecule has 1 amide bonds. The molecule has 86 valence electrons. The van der Waals surface area contributed by atoms with Gasteiger partial charge in [0, 0.05) is 18.4 Å². The van der Waals surface area contributed by atoms with E-state index >= 15 is 0 Å². The van der Waals surface area contributed by atoms with Gasteiger partial charge in [-0.25, -0.2) is 9.97 Å². The SMILES string of the molecule is O=C(NC1CCC(O)CC1)c1cncnc1. The highest BCUT2D eigenvalue weighted by atomic mass is 16.3. The van der Waals surface area contributed by atoms with E-state index in [0.717, 1.165) is 25.7 Å². The number of hydrogen-bond donors (Lipinski definition) is 2. The summed E-state index contributed by atoms with van der Waals surface area (Å²) in [4.78, 5) is 19.3. The monoisotopic (exact) mass is 221 g/mol. The van der Waals surface area contributed by atoms with Crippen LogP contribution < -0.4 is 5.32 Å². The van der Waals surface area contributed by atoms with Crippen LogP contribution in [0, 0.1) is 0 Å². The third-order valence-corrected chi connectivity index (χ3v) is 2.85. The maximum absolute atomic E-state index is 11.7. The zero-order valence-electron chi connectivity index (χ0n) is 8.97. The van der Waals surface area contributed by atoms with Gasteiger partial charge in [-0.2, -0.15) is 0 Å². The number of carbonyl (C=O) groups excluding carboxylic acids is 1. The molecule has 1 aromatic heterocycles. The van der Waals surface area contributed by atoms with Gasteiger partial charge < -0.3 is 10.4 Å². The fourth-order valence-corrected chi connectivity index (χ4v) is 1.91. The molecule has 2 rings (SSSR count). The smallest absolute Gasteiger partial charge is 0.254 e. The average molecular weight is 221 g/mol. The van der Waals surface area contributed by atoms with E-state index in [4.69, 9.17) is 0 Å². The van der Waals surface area contributed by atoms with Crippen molar-refractivity contribution >= 4 is 5.91 Å². The molecule has 16 heavy (non-hydrogen) atoms. The van der Waals surface area contributed by atoms with Gasteiger partial charge >= 0.3 is 0 Å². The van der Waals surface area contributed by atoms with Crippen LogP contribution in [0.2, 0.25) is 0 Å². The molecular weight excluding hydrogens is 206 g/mol. The van der Waals surface area contributed by atoms with Gasteiger partial charge in [0.25, 0.3) is 5.91 Å². The first-order chi connectivity index (χ1) is 7.75. The van der Waals surface area contributed by atoms with E-state index < -0.39 is 0 Å². The number of carbonyl (C=O) groups is 1. The molecule has 2 N–H and O–H groups in total. The van der Waals surface area contributed by atoms with Crippen LogP contribution in [0.5, 0.6) is 0 Å². The number of aromatic nitrogens is 2. The second-order valence-electron chi connectivity index (χ2n) is 4.11. The number of aliphatic hydroxyl groups excluding tert-OH is 1. The lowest BCUT2D eigenvalue weighted by Crippen LogP contribution is -2.38. The second kappa shape index (κ2) is 5.03. The Morgan fingerprint density at radius 3 is 2.50 bits per heavy atom. The molecule has 1 aliphatic carbocycles. The fraction of sp³-hybridized carbons (Fsp3) is 0.545. The van der Waals surface area contributed by atoms with Gasteiger partial charge in [0.05, 0.1) is 11.7 Å². The average Bonchev–Trinajstić information content (AvgIpc) is 2.33. The van der Waals surface area contributed by atoms with Gasteiger partial charge in [0.15, 0.2) is 0 Å². The Hall–Kier alpha value is -1.49. The minimum absolute atomic E-state index is 0.137. The molecular formula is C11H15N3O2. The Labute approximate surface area is 93.9 Å². The van der Waals surface area contributed by atoms with Crippen molar-refractivity contribution in [1.82, 2.24) is 15.3 Å². The third-order valence-electron chi connectivity index (χ3n) is 2.85. The molecule has 0 atom stereocenters. The van der Waals surface area contributed by atoms with E-state index in [9.17, 15) is 9.90 Å². The summed E-state index contributed by atoms with van der Waals surface area (Å²) < 4.78 is 0. The number of hydrogen-bond acceptors (Lipinski definition) is 4. The highest BCUT2D eigenvalue weighted by molar-refractivity contribution is 5.93. The van der Waals surface area contributed by atoms with Gasteiger partial charge in [-0.3, -0.25) is 4.79 Å². The Morgan fingerprint density at radius 2 is 1.88 bits per heavy atom. The van der Waals surface area contributed by atoms with Crippen molar-refractivity contribution in [2.24, 2.45) is 0 Å². The zero-order chi connectivity index (χ0) is 11.4. The molecule has 0 unspecified atom stereocenters. The lowest BCUT2D eigenvalue weighted by molar-refractivity contribution is 0.0867. The largest absolute Gasteiger partial charge is 0.393 e. The van der Waals surface area contributed by atoms with Gasteiger partial charge in [-0.15, -0.1) is 0 Å². The molecule has 0 spiro atoms. The van der Waals surface area contributed by atoms with Crippen molar-refractivity contribution in [1.29, 1.82) is 0 Å². The summed E-state index contributed by atoms with van der Waals surface area (Å²) in [6.45, 7) is 0. The maximum Gasteiger partial charge on any atom is 0.254 e. The Bertz CT molecular complexity index is 348. The molecule has 1 aliphatic rings. The van der Waals surface area contributed by atoms with E-state index in [0.29, 0.717) is 5.56 Å². The standard InChI is InChI=1S/C11H15N3O2/c15-10-3-1-9(2-4-10)14-11(16)8-5-12-7-13-6-8/h5-7,9-10,15H,1-4H2,(H,14,16). The molecule has 5 heteroatoms. The van der Waals surface area contributed by atoms with Crippen LogP contribution in [0.15, 0.2) is 18.7 Å². The van der Waals surface area contributed by atoms with Crippen molar-refractivity contribution in [3.8, 4) is 0 Å². The maximum atomic E-state index is 11.7. The Kier molecular flexibility index (Phi) is 3.46. The van der Waals surface area contributed by atoms with Gasteiger partial charge in [0.2, 0.25) is 0 Å². The molecule has 0 bridgehead atoms. The van der Waals surface area contributed by atoms with Crippen molar-refractivity contribution in [2.45, 2.75) is 37.8 Å². The highest BCUT2D eigenvalue weighted by Crippen LogP contribution is 2.18. The second-order valence-corrected chi connectivity index (χ2v) is 4.11. The summed E-state index contributed by atoms with van der Waals surface area (Å²) in [5.41, 5.74) is 0.480. The van der Waals surface area contributed by atoms with Crippen LogP contribution >= 0.6 is 0 Å². The Morgan fingerprint density at radius 1 is 1.25 bits per heavy atom. The van der Waals surface area contributed by atoms with E-state index in [1.54, 1.807) is 0 Å². The topological polar surface area (TPSA) is 75.1 Å². The number of amides is 1. The van der Waals surface area contributed by atoms with E-state index in [2.05, 4.69) is 15.3 Å². The summed E-state index contributed by atoms with van der Waals surface area (Å²) in [5, 5.41) is 12.3. The molecule has 1 fully saturated rings. The van der Waals surface area contributed by atoms with Gasteiger partial charge in [-0.1, -0.05) is 0 Å². The first-order valence-electron chi connectivity index (χ1n) is 5.49. The minimum Gasteiger partial charge on any atom is -0.393 e. The number of nitrogens with one attached hydrogen (secondary N) is 1. The predicted molar refractivity (Wildman–Crippen MR) is 57.8 cm³/mol. The first kappa shape index (κ1) is 11.0. The van der Waals surface area contributed by atoms with Gasteiger partial charge in [0.1, 0.15) is 6.33 Å². The summed E-state index contributed by atoms with van der Waals surface area (Å²) in [5.74, 6) is -0.137. The summed E-state index contributed by atoms with van der Waals surface area (Å²) in [6.07, 6.45) is 7.38. The molecule has 0 saturated heterocycles. The molecule has 0 aliphatic heterocycles. The highest BCUT2D eigenvalue weighted by Gasteiger charge is 2.21. The van der Waals surface area contributed by atoms with Gasteiger partial charge in [-0.05, 0) is 25.7 Å². The van der Waals surface area contributed by atoms with Crippen molar-refractivity contribution in [2.75, 3.05) is 0 Å². The van der Waals surface area contributed by atoms with Crippen molar-refractivity contribution < 1.29 is 9.90 Å². The number of rotatable bonds is 2. The number of nitrogens with zero attached hydrogens (tertiary/aromatic N) is 2. The Balaban J connectivity index is 1.88. The summed E-state index contributed by atoms with van der Waals surface area (Å²) in [7, 11) is 0. The lowest BCUT2D eigenvalue weighted by Gasteiger charge is -2.26. The van der Waals surface area contributed by atoms with Crippen LogP contribution in [-0.4, -0.2) is 33.1 Å². The normalized spacial score (nSPS) is 25.1. The third kappa shape index (κ3) is 2.76. The molecule has 0 radical (unpaired) electrons. The van der Waals surface area contributed by atoms with Crippen LogP contribution in [0.25, 0.3) is 0 Å². The first-order valence-corrected chi connectivity index (χ1v) is 5.49. The fourth-order valence-electron chi connectivity index (χ4n) is 1.91. The summed E-state index contributed by atoms with van der Waals surface area (Å²) in [6, 6.07) is 0.163. The molecule has 5 nitrogen and oxygen atoms in total. The van der Waals surface area contributed by atoms with Crippen LogP contribution in [0.3, 0.4) is 0 Å². The molecule has 1 aromatic rings. The summed E-state index contributed by atoms with van der Waals surface area (Å²) >= 11 is 0. The quantitative estimate of drug-likeness (QED) is 0.763.